The van der Waals surface area contributed by atoms with Crippen molar-refractivity contribution in [1.29, 1.82) is 0 Å². The fraction of sp³-hybridized carbons (Fsp3) is 1.00. The van der Waals surface area contributed by atoms with Crippen molar-refractivity contribution in [1.82, 2.24) is 0 Å². The van der Waals surface area contributed by atoms with Crippen molar-refractivity contribution in [2.75, 3.05) is 23.0 Å². The molecule has 4 heteroatoms. The van der Waals surface area contributed by atoms with Gasteiger partial charge in [-0.05, 0) is 61.5 Å². The Hall–Kier alpha value is 1.40. The van der Waals surface area contributed by atoms with Crippen LogP contribution in [-0.4, -0.2) is 44.0 Å². The first kappa shape index (κ1) is 16.3. The molecular weight excluding hydrogens is 320 g/mol. The summed E-state index contributed by atoms with van der Waals surface area (Å²) in [5, 5.41) is 3.94. The zero-order valence-corrected chi connectivity index (χ0v) is 15.7. The van der Waals surface area contributed by atoms with E-state index in [0.29, 0.717) is 0 Å². The molecule has 0 unspecified atom stereocenters. The van der Waals surface area contributed by atoms with Gasteiger partial charge in [0.05, 0.1) is 0 Å². The highest BCUT2D eigenvalue weighted by Crippen LogP contribution is 2.41. The van der Waals surface area contributed by atoms with Gasteiger partial charge < -0.3 is 0 Å². The fourth-order valence-corrected chi connectivity index (χ4v) is 10.1. The highest BCUT2D eigenvalue weighted by atomic mass is 32.2. The van der Waals surface area contributed by atoms with Crippen LogP contribution in [0.25, 0.3) is 0 Å². The first-order chi connectivity index (χ1) is 9.93. The molecule has 0 aromatic carbocycles. The van der Waals surface area contributed by atoms with Crippen molar-refractivity contribution in [2.45, 2.75) is 72.4 Å². The van der Waals surface area contributed by atoms with Crippen molar-refractivity contribution in [3.05, 3.63) is 0 Å². The quantitative estimate of drug-likeness (QED) is 0.562. The number of hydrogen-bond acceptors (Lipinski definition) is 4. The molecule has 116 valence electrons. The molecule has 0 aromatic rings. The zero-order valence-electron chi connectivity index (χ0n) is 12.4. The molecule has 3 rings (SSSR count). The van der Waals surface area contributed by atoms with E-state index in [1.807, 2.05) is 0 Å². The third-order valence-electron chi connectivity index (χ3n) is 4.69. The topological polar surface area (TPSA) is 0 Å². The summed E-state index contributed by atoms with van der Waals surface area (Å²) in [6.07, 6.45) is 11.8. The van der Waals surface area contributed by atoms with E-state index >= 15 is 0 Å². The van der Waals surface area contributed by atoms with Crippen LogP contribution in [0.2, 0.25) is 0 Å². The summed E-state index contributed by atoms with van der Waals surface area (Å²) in [6, 6.07) is 0. The van der Waals surface area contributed by atoms with E-state index in [1.54, 1.807) is 0 Å². The van der Waals surface area contributed by atoms with Crippen molar-refractivity contribution < 1.29 is 0 Å². The molecule has 0 amide bonds. The summed E-state index contributed by atoms with van der Waals surface area (Å²) in [6.45, 7) is 0. The maximum absolute atomic E-state index is 2.30. The van der Waals surface area contributed by atoms with Gasteiger partial charge in [-0.2, -0.15) is 47.0 Å². The summed E-state index contributed by atoms with van der Waals surface area (Å²) in [5.74, 6) is 5.66. The molecule has 0 nitrogen and oxygen atoms in total. The van der Waals surface area contributed by atoms with Crippen molar-refractivity contribution in [2.24, 2.45) is 0 Å². The molecule has 0 aromatic heterocycles. The lowest BCUT2D eigenvalue weighted by molar-refractivity contribution is 0.888. The summed E-state index contributed by atoms with van der Waals surface area (Å²) in [7, 11) is 0. The molecule has 1 saturated heterocycles. The van der Waals surface area contributed by atoms with E-state index in [4.69, 9.17) is 0 Å². The Morgan fingerprint density at radius 2 is 0.700 bits per heavy atom. The van der Waals surface area contributed by atoms with Gasteiger partial charge in [0.2, 0.25) is 0 Å². The highest BCUT2D eigenvalue weighted by Gasteiger charge is 2.29. The van der Waals surface area contributed by atoms with E-state index in [9.17, 15) is 0 Å². The third kappa shape index (κ3) is 4.70. The number of hydrogen-bond donors (Lipinski definition) is 0. The van der Waals surface area contributed by atoms with Gasteiger partial charge in [0.1, 0.15) is 0 Å². The maximum Gasteiger partial charge on any atom is 0.0166 e. The standard InChI is InChI=1S/C16H28S4/c1-5-13-14(6-1)18-10-4-12-20-16-8-2-7-15(16)19-11-3-9-17-13/h13-16H,1-12H2/t13-,14+,15+,16-. The molecule has 0 spiro atoms. The average Bonchev–Trinajstić information content (AvgIpc) is 3.07. The van der Waals surface area contributed by atoms with Gasteiger partial charge in [0.15, 0.2) is 0 Å². The second kappa shape index (κ2) is 8.88. The smallest absolute Gasteiger partial charge is 0.0166 e. The summed E-state index contributed by atoms with van der Waals surface area (Å²) in [5.41, 5.74) is 0. The molecule has 3 fully saturated rings. The Labute approximate surface area is 142 Å². The Kier molecular flexibility index (Phi) is 7.22. The van der Waals surface area contributed by atoms with Crippen LogP contribution in [0.3, 0.4) is 0 Å². The molecule has 20 heavy (non-hydrogen) atoms. The van der Waals surface area contributed by atoms with Gasteiger partial charge in [-0.25, -0.2) is 0 Å². The molecule has 0 radical (unpaired) electrons. The highest BCUT2D eigenvalue weighted by molar-refractivity contribution is 8.04. The van der Waals surface area contributed by atoms with Crippen molar-refractivity contribution in [3.8, 4) is 0 Å². The number of rotatable bonds is 0. The number of thioether (sulfide) groups is 4. The molecule has 0 bridgehead atoms. The molecule has 0 N–H and O–H groups in total. The van der Waals surface area contributed by atoms with Crippen LogP contribution < -0.4 is 0 Å². The zero-order chi connectivity index (χ0) is 13.6. The van der Waals surface area contributed by atoms with Crippen molar-refractivity contribution in [3.63, 3.8) is 0 Å². The van der Waals surface area contributed by atoms with E-state index in [2.05, 4.69) is 47.0 Å². The van der Waals surface area contributed by atoms with Gasteiger partial charge in [0.25, 0.3) is 0 Å². The minimum atomic E-state index is 0.986. The third-order valence-corrected chi connectivity index (χ3v) is 11.1. The first-order valence-corrected chi connectivity index (χ1v) is 12.6. The Morgan fingerprint density at radius 3 is 1.00 bits per heavy atom. The molecule has 2 saturated carbocycles. The normalized spacial score (nSPS) is 40.8. The van der Waals surface area contributed by atoms with Gasteiger partial charge in [-0.1, -0.05) is 12.8 Å². The van der Waals surface area contributed by atoms with Crippen LogP contribution in [0.1, 0.15) is 51.4 Å². The summed E-state index contributed by atoms with van der Waals surface area (Å²) < 4.78 is 0. The molecule has 1 aliphatic heterocycles. The molecule has 1 heterocycles. The van der Waals surface area contributed by atoms with Gasteiger partial charge in [0, 0.05) is 21.0 Å². The van der Waals surface area contributed by atoms with Gasteiger partial charge in [-0.15, -0.1) is 0 Å². The molecule has 3 aliphatic rings. The molecular formula is C16H28S4. The SMILES string of the molecule is C1CS[C@H]2CCC[C@H]2SCCCS[C@H]2CCC[C@H]2SC1. The Morgan fingerprint density at radius 1 is 0.400 bits per heavy atom. The largest absolute Gasteiger partial charge is 0.157 e. The minimum Gasteiger partial charge on any atom is -0.157 e. The predicted octanol–water partition coefficient (Wildman–Crippen LogP) is 5.56. The minimum absolute atomic E-state index is 0.986. The maximum atomic E-state index is 2.30. The second-order valence-electron chi connectivity index (χ2n) is 6.21. The lowest BCUT2D eigenvalue weighted by Crippen LogP contribution is -2.16. The van der Waals surface area contributed by atoms with Crippen LogP contribution in [0.4, 0.5) is 0 Å². The van der Waals surface area contributed by atoms with Crippen LogP contribution >= 0.6 is 47.0 Å². The summed E-state index contributed by atoms with van der Waals surface area (Å²) in [4.78, 5) is 0. The van der Waals surface area contributed by atoms with E-state index in [-0.39, 0.29) is 0 Å². The second-order valence-corrected chi connectivity index (χ2v) is 11.6. The number of fused-ring (bicyclic) bond motifs is 2. The van der Waals surface area contributed by atoms with Crippen LogP contribution in [0, 0.1) is 0 Å². The lowest BCUT2D eigenvalue weighted by Gasteiger charge is -2.22. The van der Waals surface area contributed by atoms with E-state index in [0.717, 1.165) is 21.0 Å². The van der Waals surface area contributed by atoms with E-state index < -0.39 is 0 Å². The lowest BCUT2D eigenvalue weighted by atomic mass is 10.4. The van der Waals surface area contributed by atoms with Crippen LogP contribution in [-0.2, 0) is 0 Å². The Balaban J connectivity index is 1.49. The van der Waals surface area contributed by atoms with Crippen LogP contribution in [0.5, 0.6) is 0 Å². The van der Waals surface area contributed by atoms with Crippen molar-refractivity contribution >= 4 is 47.0 Å². The monoisotopic (exact) mass is 348 g/mol. The first-order valence-electron chi connectivity index (χ1n) is 8.40. The Bertz CT molecular complexity index is 232. The van der Waals surface area contributed by atoms with Gasteiger partial charge in [-0.3, -0.25) is 0 Å². The molecule has 4 atom stereocenters. The van der Waals surface area contributed by atoms with E-state index in [1.165, 1.54) is 74.4 Å². The van der Waals surface area contributed by atoms with Crippen LogP contribution in [0.15, 0.2) is 0 Å². The van der Waals surface area contributed by atoms with Gasteiger partial charge >= 0.3 is 0 Å². The predicted molar refractivity (Wildman–Crippen MR) is 102 cm³/mol. The summed E-state index contributed by atoms with van der Waals surface area (Å²) >= 11 is 9.22. The fourth-order valence-electron chi connectivity index (χ4n) is 3.60. The average molecular weight is 349 g/mol. The molecule has 2 aliphatic carbocycles.